The molecule has 0 fully saturated rings. The molecule has 0 saturated heterocycles. The first-order valence-electron chi connectivity index (χ1n) is 5.77. The van der Waals surface area contributed by atoms with Gasteiger partial charge in [0.2, 0.25) is 0 Å². The third-order valence-electron chi connectivity index (χ3n) is 3.43. The monoisotopic (exact) mass is 194 g/mol. The smallest absolute Gasteiger partial charge is 0.0143 e. The van der Waals surface area contributed by atoms with E-state index in [-0.39, 0.29) is 0 Å². The zero-order chi connectivity index (χ0) is 11.3. The number of hydrogen-bond acceptors (Lipinski definition) is 0. The summed E-state index contributed by atoms with van der Waals surface area (Å²) >= 11 is 0. The molecule has 0 heterocycles. The molecule has 0 aromatic carbocycles. The highest BCUT2D eigenvalue weighted by molar-refractivity contribution is 5.12. The van der Waals surface area contributed by atoms with Gasteiger partial charge < -0.3 is 0 Å². The van der Waals surface area contributed by atoms with Gasteiger partial charge >= 0.3 is 0 Å². The van der Waals surface area contributed by atoms with Crippen molar-refractivity contribution in [2.24, 2.45) is 17.8 Å². The van der Waals surface area contributed by atoms with Crippen LogP contribution in [0.25, 0.3) is 0 Å². The Labute approximate surface area is 90.1 Å². The van der Waals surface area contributed by atoms with E-state index in [1.807, 2.05) is 0 Å². The van der Waals surface area contributed by atoms with Crippen molar-refractivity contribution in [3.63, 3.8) is 0 Å². The molecule has 0 saturated carbocycles. The molecule has 0 rings (SSSR count). The number of hydrogen-bond donors (Lipinski definition) is 0. The average molecular weight is 194 g/mol. The third-order valence-corrected chi connectivity index (χ3v) is 3.43. The summed E-state index contributed by atoms with van der Waals surface area (Å²) in [5, 5.41) is 0. The molecule has 0 aliphatic carbocycles. The molecular weight excluding hydrogens is 168 g/mol. The maximum Gasteiger partial charge on any atom is -0.0143 e. The fraction of sp³-hybridized carbons (Fsp3) is 0.714. The Kier molecular flexibility index (Phi) is 5.83. The molecule has 14 heavy (non-hydrogen) atoms. The highest BCUT2D eigenvalue weighted by atomic mass is 14.3. The summed E-state index contributed by atoms with van der Waals surface area (Å²) in [6.07, 6.45) is 3.42. The molecule has 2 unspecified atom stereocenters. The van der Waals surface area contributed by atoms with Crippen LogP contribution >= 0.6 is 0 Å². The van der Waals surface area contributed by atoms with Crippen LogP contribution in [0.4, 0.5) is 0 Å². The van der Waals surface area contributed by atoms with Gasteiger partial charge in [0.15, 0.2) is 0 Å². The largest absolute Gasteiger partial charge is 0.0993 e. The number of rotatable bonds is 5. The lowest BCUT2D eigenvalue weighted by atomic mass is 9.78. The van der Waals surface area contributed by atoms with E-state index in [0.717, 1.165) is 0 Å². The van der Waals surface area contributed by atoms with Crippen LogP contribution in [0.1, 0.15) is 48.0 Å². The van der Waals surface area contributed by atoms with Crippen LogP contribution in [0.3, 0.4) is 0 Å². The first kappa shape index (κ1) is 13.5. The molecule has 0 spiro atoms. The molecule has 0 amide bonds. The van der Waals surface area contributed by atoms with Gasteiger partial charge in [-0.2, -0.15) is 0 Å². The molecule has 0 aromatic heterocycles. The van der Waals surface area contributed by atoms with Crippen molar-refractivity contribution in [3.05, 3.63) is 23.8 Å². The van der Waals surface area contributed by atoms with E-state index in [9.17, 15) is 0 Å². The molecule has 0 aliphatic heterocycles. The lowest BCUT2D eigenvalue weighted by molar-refractivity contribution is 0.419. The van der Waals surface area contributed by atoms with E-state index in [2.05, 4.69) is 54.2 Å². The second-order valence-electron chi connectivity index (χ2n) is 4.57. The highest BCUT2D eigenvalue weighted by Gasteiger charge is 2.20. The zero-order valence-electron chi connectivity index (χ0n) is 10.7. The van der Waals surface area contributed by atoms with Crippen molar-refractivity contribution in [1.82, 2.24) is 0 Å². The van der Waals surface area contributed by atoms with Crippen LogP contribution in [-0.4, -0.2) is 0 Å². The van der Waals surface area contributed by atoms with E-state index in [0.29, 0.717) is 17.8 Å². The SMILES string of the molecule is C=C(C(C)C)C(CC)C(C)/C(C)=C/C. The maximum atomic E-state index is 4.24. The molecule has 0 heteroatoms. The highest BCUT2D eigenvalue weighted by Crippen LogP contribution is 2.32. The summed E-state index contributed by atoms with van der Waals surface area (Å²) in [4.78, 5) is 0. The molecule has 0 aliphatic rings. The Morgan fingerprint density at radius 3 is 2.07 bits per heavy atom. The Morgan fingerprint density at radius 2 is 1.79 bits per heavy atom. The van der Waals surface area contributed by atoms with Crippen LogP contribution in [0, 0.1) is 17.8 Å². The Bertz CT molecular complexity index is 208. The average Bonchev–Trinajstić information content (AvgIpc) is 2.17. The lowest BCUT2D eigenvalue weighted by Gasteiger charge is -2.27. The maximum absolute atomic E-state index is 4.24. The second kappa shape index (κ2) is 6.06. The van der Waals surface area contributed by atoms with Crippen LogP contribution in [0.2, 0.25) is 0 Å². The van der Waals surface area contributed by atoms with Gasteiger partial charge in [0, 0.05) is 0 Å². The van der Waals surface area contributed by atoms with Crippen molar-refractivity contribution in [3.8, 4) is 0 Å². The molecule has 82 valence electrons. The minimum Gasteiger partial charge on any atom is -0.0993 e. The first-order chi connectivity index (χ1) is 6.45. The predicted octanol–water partition coefficient (Wildman–Crippen LogP) is 4.83. The molecule has 0 N–H and O–H groups in total. The van der Waals surface area contributed by atoms with Gasteiger partial charge in [0.1, 0.15) is 0 Å². The molecule has 0 bridgehead atoms. The van der Waals surface area contributed by atoms with E-state index >= 15 is 0 Å². The first-order valence-corrected chi connectivity index (χ1v) is 5.77. The van der Waals surface area contributed by atoms with Gasteiger partial charge in [0.25, 0.3) is 0 Å². The normalized spacial score (nSPS) is 16.9. The standard InChI is InChI=1S/C14H26/c1-8-11(5)13(7)14(9-2)12(6)10(3)4/h8,10,13-14H,6,9H2,1-5,7H3/b11-8+. The quantitative estimate of drug-likeness (QED) is 0.550. The third kappa shape index (κ3) is 3.32. The summed E-state index contributed by atoms with van der Waals surface area (Å²) in [6.45, 7) is 17.6. The molecular formula is C14H26. The van der Waals surface area contributed by atoms with Crippen LogP contribution in [-0.2, 0) is 0 Å². The molecule has 0 nitrogen and oxygen atoms in total. The lowest BCUT2D eigenvalue weighted by Crippen LogP contribution is -2.17. The van der Waals surface area contributed by atoms with E-state index in [4.69, 9.17) is 0 Å². The summed E-state index contributed by atoms with van der Waals surface area (Å²) in [5.41, 5.74) is 2.89. The Morgan fingerprint density at radius 1 is 1.29 bits per heavy atom. The molecule has 0 aromatic rings. The summed E-state index contributed by atoms with van der Waals surface area (Å²) < 4.78 is 0. The van der Waals surface area contributed by atoms with Crippen LogP contribution in [0.15, 0.2) is 23.8 Å². The van der Waals surface area contributed by atoms with Crippen molar-refractivity contribution in [1.29, 1.82) is 0 Å². The topological polar surface area (TPSA) is 0 Å². The fourth-order valence-corrected chi connectivity index (χ4v) is 1.95. The molecule has 0 radical (unpaired) electrons. The summed E-state index contributed by atoms with van der Waals surface area (Å²) in [6, 6.07) is 0. The van der Waals surface area contributed by atoms with E-state index in [1.165, 1.54) is 17.6 Å². The van der Waals surface area contributed by atoms with Gasteiger partial charge in [-0.3, -0.25) is 0 Å². The fourth-order valence-electron chi connectivity index (χ4n) is 1.95. The minimum atomic E-state index is 0.604. The predicted molar refractivity (Wildman–Crippen MR) is 66.4 cm³/mol. The number of allylic oxidation sites excluding steroid dienone is 3. The Balaban J connectivity index is 4.64. The van der Waals surface area contributed by atoms with Gasteiger partial charge in [-0.15, -0.1) is 0 Å². The van der Waals surface area contributed by atoms with Crippen molar-refractivity contribution in [2.45, 2.75) is 48.0 Å². The van der Waals surface area contributed by atoms with Crippen LogP contribution in [0.5, 0.6) is 0 Å². The van der Waals surface area contributed by atoms with Gasteiger partial charge in [-0.05, 0) is 38.0 Å². The summed E-state index contributed by atoms with van der Waals surface area (Å²) in [5.74, 6) is 1.89. The molecule has 2 atom stereocenters. The van der Waals surface area contributed by atoms with Crippen molar-refractivity contribution >= 4 is 0 Å². The van der Waals surface area contributed by atoms with Gasteiger partial charge in [0.05, 0.1) is 0 Å². The van der Waals surface area contributed by atoms with Crippen molar-refractivity contribution in [2.75, 3.05) is 0 Å². The van der Waals surface area contributed by atoms with Gasteiger partial charge in [-0.1, -0.05) is 51.5 Å². The minimum absolute atomic E-state index is 0.604. The second-order valence-corrected chi connectivity index (χ2v) is 4.57. The van der Waals surface area contributed by atoms with E-state index < -0.39 is 0 Å². The van der Waals surface area contributed by atoms with Crippen molar-refractivity contribution < 1.29 is 0 Å². The van der Waals surface area contributed by atoms with Crippen LogP contribution < -0.4 is 0 Å². The van der Waals surface area contributed by atoms with E-state index in [1.54, 1.807) is 0 Å². The zero-order valence-corrected chi connectivity index (χ0v) is 10.7. The van der Waals surface area contributed by atoms with Gasteiger partial charge in [-0.25, -0.2) is 0 Å². The summed E-state index contributed by atoms with van der Waals surface area (Å²) in [7, 11) is 0. The Hall–Kier alpha value is -0.520.